The third-order valence-electron chi connectivity index (χ3n) is 6.55. The molecule has 0 bridgehead atoms. The number of aryl methyl sites for hydroxylation is 1. The maximum absolute atomic E-state index is 13.8. The van der Waals surface area contributed by atoms with Crippen LogP contribution < -0.4 is 19.6 Å². The molecule has 174 valence electrons. The van der Waals surface area contributed by atoms with Gasteiger partial charge in [-0.1, -0.05) is 71.5 Å². The van der Waals surface area contributed by atoms with Gasteiger partial charge in [-0.05, 0) is 82.0 Å². The second kappa shape index (κ2) is 9.08. The summed E-state index contributed by atoms with van der Waals surface area (Å²) in [6.45, 7) is 0. The molecular formula is C28H20ClIN2O2S. The number of fused-ring (bicyclic) bond motifs is 3. The Bertz CT molecular complexity index is 1700. The van der Waals surface area contributed by atoms with Crippen molar-refractivity contribution in [2.45, 2.75) is 18.9 Å². The van der Waals surface area contributed by atoms with Crippen LogP contribution in [-0.4, -0.2) is 11.7 Å². The van der Waals surface area contributed by atoms with Crippen LogP contribution in [0.2, 0.25) is 5.02 Å². The Morgan fingerprint density at radius 2 is 1.91 bits per heavy atom. The summed E-state index contributed by atoms with van der Waals surface area (Å²) in [6, 6.07) is 21.9. The maximum atomic E-state index is 13.8. The second-order valence-corrected chi connectivity index (χ2v) is 11.1. The van der Waals surface area contributed by atoms with E-state index in [1.165, 1.54) is 16.9 Å². The molecular weight excluding hydrogens is 591 g/mol. The number of hydrogen-bond acceptors (Lipinski definition) is 4. The van der Waals surface area contributed by atoms with E-state index < -0.39 is 0 Å². The minimum atomic E-state index is -0.276. The van der Waals surface area contributed by atoms with Crippen LogP contribution in [0.5, 0.6) is 5.75 Å². The first-order chi connectivity index (χ1) is 17.0. The third-order valence-corrected chi connectivity index (χ3v) is 8.72. The SMILES string of the molecule is COc1ccc(/C=c2\sc3n(c2=O)[C@H](c2ccccc2Cl)C2=C(N=3)c3ccccc3CC2)cc1I. The molecule has 2 aliphatic rings. The number of rotatable bonds is 3. The van der Waals surface area contributed by atoms with Crippen molar-refractivity contribution in [1.82, 2.24) is 4.57 Å². The highest BCUT2D eigenvalue weighted by Gasteiger charge is 2.33. The lowest BCUT2D eigenvalue weighted by atomic mass is 9.83. The number of halogens is 2. The van der Waals surface area contributed by atoms with Crippen LogP contribution in [-0.2, 0) is 6.42 Å². The Hall–Kier alpha value is -2.68. The predicted molar refractivity (Wildman–Crippen MR) is 150 cm³/mol. The number of hydrogen-bond donors (Lipinski definition) is 0. The van der Waals surface area contributed by atoms with Gasteiger partial charge in [0, 0.05) is 10.6 Å². The van der Waals surface area contributed by atoms with E-state index in [4.69, 9.17) is 21.3 Å². The quantitative estimate of drug-likeness (QED) is 0.284. The van der Waals surface area contributed by atoms with Gasteiger partial charge in [-0.3, -0.25) is 9.36 Å². The van der Waals surface area contributed by atoms with Gasteiger partial charge in [0.25, 0.3) is 5.56 Å². The molecule has 4 nitrogen and oxygen atoms in total. The first-order valence-corrected chi connectivity index (χ1v) is 13.5. The van der Waals surface area contributed by atoms with Crippen LogP contribution in [0.4, 0.5) is 0 Å². The maximum Gasteiger partial charge on any atom is 0.271 e. The molecule has 0 saturated heterocycles. The highest BCUT2D eigenvalue weighted by Crippen LogP contribution is 2.42. The lowest BCUT2D eigenvalue weighted by Crippen LogP contribution is -2.38. The number of allylic oxidation sites excluding steroid dienone is 1. The van der Waals surface area contributed by atoms with Crippen molar-refractivity contribution in [3.8, 4) is 5.75 Å². The average Bonchev–Trinajstić information content (AvgIpc) is 3.18. The summed E-state index contributed by atoms with van der Waals surface area (Å²) in [4.78, 5) is 19.6. The van der Waals surface area contributed by atoms with Crippen LogP contribution in [0.1, 0.15) is 34.7 Å². The number of aromatic nitrogens is 1. The minimum absolute atomic E-state index is 0.0464. The smallest absolute Gasteiger partial charge is 0.271 e. The Labute approximate surface area is 225 Å². The minimum Gasteiger partial charge on any atom is -0.496 e. The molecule has 1 aliphatic heterocycles. The third kappa shape index (κ3) is 3.88. The summed E-state index contributed by atoms with van der Waals surface area (Å²) in [6.07, 6.45) is 3.69. The van der Waals surface area contributed by atoms with Crippen molar-refractivity contribution in [2.75, 3.05) is 7.11 Å². The molecule has 1 atom stereocenters. The Balaban J connectivity index is 1.61. The fourth-order valence-electron chi connectivity index (χ4n) is 4.92. The molecule has 0 saturated carbocycles. The number of thiazole rings is 1. The van der Waals surface area contributed by atoms with Gasteiger partial charge in [-0.2, -0.15) is 0 Å². The van der Waals surface area contributed by atoms with Gasteiger partial charge in [-0.15, -0.1) is 0 Å². The zero-order valence-electron chi connectivity index (χ0n) is 18.8. The molecule has 0 N–H and O–H groups in total. The molecule has 0 unspecified atom stereocenters. The Kier molecular flexibility index (Phi) is 5.90. The molecule has 0 radical (unpaired) electrons. The topological polar surface area (TPSA) is 43.6 Å². The zero-order chi connectivity index (χ0) is 24.1. The highest BCUT2D eigenvalue weighted by atomic mass is 127. The Morgan fingerprint density at radius 1 is 1.11 bits per heavy atom. The molecule has 6 rings (SSSR count). The largest absolute Gasteiger partial charge is 0.496 e. The van der Waals surface area contributed by atoms with Crippen molar-refractivity contribution < 1.29 is 4.74 Å². The average molecular weight is 611 g/mol. The summed E-state index contributed by atoms with van der Waals surface area (Å²) in [5.74, 6) is 0.814. The predicted octanol–water partition coefficient (Wildman–Crippen LogP) is 5.59. The van der Waals surface area contributed by atoms with Gasteiger partial charge in [0.05, 0.1) is 27.0 Å². The zero-order valence-corrected chi connectivity index (χ0v) is 22.5. The van der Waals surface area contributed by atoms with E-state index in [1.807, 2.05) is 53.1 Å². The molecule has 1 aromatic heterocycles. The van der Waals surface area contributed by atoms with E-state index in [-0.39, 0.29) is 11.6 Å². The summed E-state index contributed by atoms with van der Waals surface area (Å²) >= 11 is 10.4. The summed E-state index contributed by atoms with van der Waals surface area (Å²) < 4.78 is 8.85. The lowest BCUT2D eigenvalue weighted by molar-refractivity contribution is 0.412. The van der Waals surface area contributed by atoms with Gasteiger partial charge in [0.2, 0.25) is 0 Å². The van der Waals surface area contributed by atoms with Crippen molar-refractivity contribution >= 4 is 57.3 Å². The van der Waals surface area contributed by atoms with Crippen LogP contribution in [0.15, 0.2) is 82.1 Å². The van der Waals surface area contributed by atoms with Crippen molar-refractivity contribution in [2.24, 2.45) is 4.99 Å². The monoisotopic (exact) mass is 610 g/mol. The van der Waals surface area contributed by atoms with Crippen molar-refractivity contribution in [3.63, 3.8) is 0 Å². The van der Waals surface area contributed by atoms with E-state index in [1.54, 1.807) is 7.11 Å². The van der Waals surface area contributed by atoms with Gasteiger partial charge < -0.3 is 4.74 Å². The molecule has 4 aromatic rings. The van der Waals surface area contributed by atoms with Crippen molar-refractivity contribution in [1.29, 1.82) is 0 Å². The summed E-state index contributed by atoms with van der Waals surface area (Å²) in [5, 5.41) is 0.657. The van der Waals surface area contributed by atoms with Crippen LogP contribution in [0, 0.1) is 3.57 Å². The number of nitrogens with zero attached hydrogens (tertiary/aromatic N) is 2. The van der Waals surface area contributed by atoms with Gasteiger partial charge >= 0.3 is 0 Å². The fraction of sp³-hybridized carbons (Fsp3) is 0.143. The fourth-order valence-corrected chi connectivity index (χ4v) is 6.92. The van der Waals surface area contributed by atoms with E-state index in [9.17, 15) is 4.79 Å². The van der Waals surface area contributed by atoms with E-state index >= 15 is 0 Å². The van der Waals surface area contributed by atoms with E-state index in [0.29, 0.717) is 14.4 Å². The first-order valence-electron chi connectivity index (χ1n) is 11.3. The summed E-state index contributed by atoms with van der Waals surface area (Å²) in [7, 11) is 1.66. The molecule has 0 amide bonds. The number of ether oxygens (including phenoxy) is 1. The molecule has 35 heavy (non-hydrogen) atoms. The normalized spacial score (nSPS) is 16.9. The standard InChI is InChI=1S/C28H20ClIN2O2S/c1-34-23-13-10-16(14-22(23)30)15-24-27(33)32-26(19-8-4-5-9-21(19)29)20-12-11-17-6-2-3-7-18(17)25(20)31-28(32)35-24/h2-10,13-15,26H,11-12H2,1H3/b24-15-/t26-/m1/s1. The van der Waals surface area contributed by atoms with E-state index in [0.717, 1.165) is 50.1 Å². The van der Waals surface area contributed by atoms with Gasteiger partial charge in [0.1, 0.15) is 5.75 Å². The highest BCUT2D eigenvalue weighted by molar-refractivity contribution is 14.1. The summed E-state index contributed by atoms with van der Waals surface area (Å²) in [5.41, 5.74) is 6.40. The Morgan fingerprint density at radius 3 is 2.71 bits per heavy atom. The van der Waals surface area contributed by atoms with Crippen LogP contribution >= 0.6 is 45.5 Å². The molecule has 2 heterocycles. The van der Waals surface area contributed by atoms with E-state index in [2.05, 4.69) is 46.9 Å². The van der Waals surface area contributed by atoms with Crippen LogP contribution in [0.3, 0.4) is 0 Å². The first kappa shape index (κ1) is 22.8. The number of benzene rings is 3. The number of methoxy groups -OCH3 is 1. The molecule has 1 aliphatic carbocycles. The second-order valence-electron chi connectivity index (χ2n) is 8.53. The lowest BCUT2D eigenvalue weighted by Gasteiger charge is -2.31. The molecule has 3 aromatic carbocycles. The molecule has 0 fully saturated rings. The molecule has 7 heteroatoms. The van der Waals surface area contributed by atoms with Crippen LogP contribution in [0.25, 0.3) is 11.8 Å². The molecule has 0 spiro atoms. The van der Waals surface area contributed by atoms with Gasteiger partial charge in [0.15, 0.2) is 4.80 Å². The van der Waals surface area contributed by atoms with Crippen molar-refractivity contribution in [3.05, 3.63) is 123 Å². The van der Waals surface area contributed by atoms with Gasteiger partial charge in [-0.25, -0.2) is 4.99 Å².